The lowest BCUT2D eigenvalue weighted by atomic mass is 9.78. The quantitative estimate of drug-likeness (QED) is 0.564. The molecule has 5 rings (SSSR count). The van der Waals surface area contributed by atoms with Gasteiger partial charge in [0.15, 0.2) is 0 Å². The van der Waals surface area contributed by atoms with E-state index in [1.165, 1.54) is 44.1 Å². The number of hydrogen-bond donors (Lipinski definition) is 2. The topological polar surface area (TPSA) is 61.8 Å². The molecular weight excluding hydrogens is 400 g/mol. The molecule has 0 bridgehead atoms. The minimum absolute atomic E-state index is 0.178. The van der Waals surface area contributed by atoms with E-state index in [4.69, 9.17) is 4.74 Å². The number of piperidine rings is 1. The maximum atomic E-state index is 11.6. The van der Waals surface area contributed by atoms with Crippen molar-refractivity contribution in [3.63, 3.8) is 0 Å². The maximum Gasteiger partial charge on any atom is 0.310 e. The number of carboxylic acid groups (broad SMARTS) is 1. The highest BCUT2D eigenvalue weighted by Gasteiger charge is 2.52. The zero-order chi connectivity index (χ0) is 22.0. The first kappa shape index (κ1) is 22.4. The van der Waals surface area contributed by atoms with Gasteiger partial charge in [0.2, 0.25) is 0 Å². The Kier molecular flexibility index (Phi) is 6.60. The predicted octanol–water partition coefficient (Wildman–Crippen LogP) is 4.43. The highest BCUT2D eigenvalue weighted by atomic mass is 16.5. The van der Waals surface area contributed by atoms with Gasteiger partial charge in [0.05, 0.1) is 18.1 Å². The third-order valence-corrected chi connectivity index (χ3v) is 8.69. The molecule has 5 nitrogen and oxygen atoms in total. The number of carboxylic acids is 1. The fourth-order valence-corrected chi connectivity index (χ4v) is 5.94. The first-order chi connectivity index (χ1) is 15.6. The van der Waals surface area contributed by atoms with Crippen molar-refractivity contribution in [3.8, 4) is 0 Å². The van der Waals surface area contributed by atoms with Crippen molar-refractivity contribution in [1.82, 2.24) is 10.2 Å². The summed E-state index contributed by atoms with van der Waals surface area (Å²) in [5.74, 6) is 0.0511. The molecule has 3 saturated carbocycles. The molecule has 4 fully saturated rings. The van der Waals surface area contributed by atoms with Crippen molar-refractivity contribution in [2.45, 2.75) is 82.3 Å². The normalized spacial score (nSPS) is 29.5. The van der Waals surface area contributed by atoms with Crippen LogP contribution in [0.1, 0.15) is 75.7 Å². The van der Waals surface area contributed by atoms with Crippen LogP contribution in [0.3, 0.4) is 0 Å². The summed E-state index contributed by atoms with van der Waals surface area (Å²) in [4.78, 5) is 14.0. The van der Waals surface area contributed by atoms with Gasteiger partial charge in [0.25, 0.3) is 0 Å². The number of nitrogens with zero attached hydrogens (tertiary/aromatic N) is 1. The molecular formula is C27H40N2O3. The summed E-state index contributed by atoms with van der Waals surface area (Å²) < 4.78 is 6.52. The second-order valence-corrected chi connectivity index (χ2v) is 11.2. The molecule has 1 heterocycles. The van der Waals surface area contributed by atoms with E-state index in [0.29, 0.717) is 18.1 Å². The van der Waals surface area contributed by atoms with Crippen molar-refractivity contribution < 1.29 is 14.6 Å². The minimum atomic E-state index is -0.600. The standard InChI is InChI=1S/C27H40N2O3/c30-25(31)27(11-12-27)19-29-15-13-26(14-16-29,20-32-22-9-5-2-6-10-22)18-28-24-17-23(24)21-7-3-1-4-8-21/h1,3-4,7-8,22-24,28H,2,5-6,9-20H2,(H,30,31)/t23-,24+/m0/s1. The van der Waals surface area contributed by atoms with Gasteiger partial charge >= 0.3 is 5.97 Å². The average molecular weight is 441 g/mol. The van der Waals surface area contributed by atoms with Gasteiger partial charge in [-0.15, -0.1) is 0 Å². The molecule has 0 spiro atoms. The van der Waals surface area contributed by atoms with E-state index >= 15 is 0 Å². The van der Waals surface area contributed by atoms with Gasteiger partial charge in [0.1, 0.15) is 0 Å². The predicted molar refractivity (Wildman–Crippen MR) is 126 cm³/mol. The van der Waals surface area contributed by atoms with Crippen LogP contribution in [-0.4, -0.2) is 60.9 Å². The number of ether oxygens (including phenoxy) is 1. The van der Waals surface area contributed by atoms with Crippen LogP contribution in [0, 0.1) is 10.8 Å². The van der Waals surface area contributed by atoms with E-state index in [0.717, 1.165) is 58.5 Å². The fraction of sp³-hybridized carbons (Fsp3) is 0.741. The van der Waals surface area contributed by atoms with E-state index in [9.17, 15) is 9.90 Å². The molecule has 5 heteroatoms. The zero-order valence-corrected chi connectivity index (χ0v) is 19.4. The highest BCUT2D eigenvalue weighted by Crippen LogP contribution is 2.47. The van der Waals surface area contributed by atoms with Gasteiger partial charge in [-0.3, -0.25) is 4.79 Å². The monoisotopic (exact) mass is 440 g/mol. The third-order valence-electron chi connectivity index (χ3n) is 8.69. The number of aliphatic carboxylic acids is 1. The highest BCUT2D eigenvalue weighted by molar-refractivity contribution is 5.78. The summed E-state index contributed by atoms with van der Waals surface area (Å²) in [5, 5.41) is 13.5. The Bertz CT molecular complexity index is 764. The van der Waals surface area contributed by atoms with Gasteiger partial charge in [-0.05, 0) is 63.6 Å². The maximum absolute atomic E-state index is 11.6. The molecule has 1 aromatic rings. The van der Waals surface area contributed by atoms with Crippen molar-refractivity contribution >= 4 is 5.97 Å². The Morgan fingerprint density at radius 3 is 2.44 bits per heavy atom. The van der Waals surface area contributed by atoms with Crippen LogP contribution in [0.5, 0.6) is 0 Å². The SMILES string of the molecule is O=C(O)C1(CN2CCC(CN[C@@H]3C[C@H]3c3ccccc3)(COC3CCCCC3)CC2)CC1. The Hall–Kier alpha value is -1.43. The largest absolute Gasteiger partial charge is 0.481 e. The lowest BCUT2D eigenvalue weighted by Gasteiger charge is -2.43. The lowest BCUT2D eigenvalue weighted by molar-refractivity contribution is -0.144. The second-order valence-electron chi connectivity index (χ2n) is 11.2. The van der Waals surface area contributed by atoms with Crippen LogP contribution in [0.15, 0.2) is 30.3 Å². The fourth-order valence-electron chi connectivity index (χ4n) is 5.94. The van der Waals surface area contributed by atoms with Crippen LogP contribution in [0.4, 0.5) is 0 Å². The summed E-state index contributed by atoms with van der Waals surface area (Å²) in [6.45, 7) is 4.60. The lowest BCUT2D eigenvalue weighted by Crippen LogP contribution is -2.50. The smallest absolute Gasteiger partial charge is 0.310 e. The Balaban J connectivity index is 1.16. The van der Waals surface area contributed by atoms with E-state index in [-0.39, 0.29) is 5.41 Å². The van der Waals surface area contributed by atoms with Crippen molar-refractivity contribution in [3.05, 3.63) is 35.9 Å². The number of hydrogen-bond acceptors (Lipinski definition) is 4. The molecule has 0 aromatic heterocycles. The second kappa shape index (κ2) is 9.44. The Morgan fingerprint density at radius 1 is 1.06 bits per heavy atom. The number of carbonyl (C=O) groups is 1. The van der Waals surface area contributed by atoms with E-state index in [1.807, 2.05) is 0 Å². The summed E-state index contributed by atoms with van der Waals surface area (Å²) in [7, 11) is 0. The van der Waals surface area contributed by atoms with E-state index in [2.05, 4.69) is 40.5 Å². The Labute approximate surface area is 192 Å². The number of likely N-dealkylation sites (tertiary alicyclic amines) is 1. The molecule has 1 aliphatic heterocycles. The Morgan fingerprint density at radius 2 is 1.78 bits per heavy atom. The van der Waals surface area contributed by atoms with Gasteiger partial charge < -0.3 is 20.1 Å². The van der Waals surface area contributed by atoms with Crippen molar-refractivity contribution in [1.29, 1.82) is 0 Å². The molecule has 3 aliphatic carbocycles. The molecule has 2 atom stereocenters. The third kappa shape index (κ3) is 5.21. The van der Waals surface area contributed by atoms with Gasteiger partial charge in [0, 0.05) is 30.5 Å². The molecule has 0 radical (unpaired) electrons. The molecule has 2 N–H and O–H groups in total. The molecule has 32 heavy (non-hydrogen) atoms. The number of nitrogens with one attached hydrogen (secondary N) is 1. The van der Waals surface area contributed by atoms with Crippen LogP contribution in [0.25, 0.3) is 0 Å². The van der Waals surface area contributed by atoms with Crippen molar-refractivity contribution in [2.24, 2.45) is 10.8 Å². The first-order valence-electron chi connectivity index (χ1n) is 12.9. The van der Waals surface area contributed by atoms with E-state index in [1.54, 1.807) is 0 Å². The molecule has 1 saturated heterocycles. The molecule has 4 aliphatic rings. The summed E-state index contributed by atoms with van der Waals surface area (Å²) in [6.07, 6.45) is 12.0. The summed E-state index contributed by atoms with van der Waals surface area (Å²) in [6, 6.07) is 11.5. The van der Waals surface area contributed by atoms with Crippen LogP contribution >= 0.6 is 0 Å². The van der Waals surface area contributed by atoms with Gasteiger partial charge in [-0.25, -0.2) is 0 Å². The average Bonchev–Trinajstić information content (AvgIpc) is 3.75. The molecule has 0 amide bonds. The first-order valence-corrected chi connectivity index (χ1v) is 12.9. The van der Waals surface area contributed by atoms with Crippen molar-refractivity contribution in [2.75, 3.05) is 32.8 Å². The summed E-state index contributed by atoms with van der Waals surface area (Å²) >= 11 is 0. The zero-order valence-electron chi connectivity index (χ0n) is 19.4. The summed E-state index contributed by atoms with van der Waals surface area (Å²) in [5.41, 5.74) is 1.18. The van der Waals surface area contributed by atoms with Gasteiger partial charge in [-0.2, -0.15) is 0 Å². The minimum Gasteiger partial charge on any atom is -0.481 e. The van der Waals surface area contributed by atoms with Crippen LogP contribution < -0.4 is 5.32 Å². The number of rotatable bonds is 10. The molecule has 176 valence electrons. The van der Waals surface area contributed by atoms with Crippen LogP contribution in [0.2, 0.25) is 0 Å². The van der Waals surface area contributed by atoms with E-state index < -0.39 is 11.4 Å². The number of benzene rings is 1. The molecule has 1 aromatic carbocycles. The van der Waals surface area contributed by atoms with Crippen LogP contribution in [-0.2, 0) is 9.53 Å². The molecule has 0 unspecified atom stereocenters. The van der Waals surface area contributed by atoms with Gasteiger partial charge in [-0.1, -0.05) is 49.6 Å².